The Morgan fingerprint density at radius 1 is 1.13 bits per heavy atom. The molecular weight excluding hydrogens is 290 g/mol. The molecule has 0 amide bonds. The van der Waals surface area contributed by atoms with Crippen LogP contribution in [-0.4, -0.2) is 21.5 Å². The van der Waals surface area contributed by atoms with Crippen molar-refractivity contribution in [2.75, 3.05) is 0 Å². The largest absolute Gasteiger partial charge is 0.322 e. The molecular formula is C18H17N3O2. The maximum Gasteiger partial charge on any atom is 0.264 e. The quantitative estimate of drug-likeness (QED) is 0.789. The van der Waals surface area contributed by atoms with Crippen LogP contribution in [0.3, 0.4) is 0 Å². The second-order valence-corrected chi connectivity index (χ2v) is 5.55. The molecule has 2 heterocycles. The minimum Gasteiger partial charge on any atom is -0.322 e. The summed E-state index contributed by atoms with van der Waals surface area (Å²) in [7, 11) is 0. The van der Waals surface area contributed by atoms with Crippen LogP contribution in [0.5, 0.6) is 0 Å². The molecule has 0 fully saturated rings. The number of H-pyrrole nitrogens is 1. The van der Waals surface area contributed by atoms with Gasteiger partial charge in [0.2, 0.25) is 5.56 Å². The Morgan fingerprint density at radius 3 is 2.65 bits per heavy atom. The Bertz CT molecular complexity index is 997. The zero-order chi connectivity index (χ0) is 16.4. The summed E-state index contributed by atoms with van der Waals surface area (Å²) in [6.07, 6.45) is 1.67. The van der Waals surface area contributed by atoms with Crippen LogP contribution in [-0.2, 0) is 0 Å². The molecule has 0 aliphatic heterocycles. The number of carbonyl (C=O) groups excluding carboxylic acids is 1. The van der Waals surface area contributed by atoms with E-state index >= 15 is 0 Å². The summed E-state index contributed by atoms with van der Waals surface area (Å²) < 4.78 is 1.47. The first-order chi connectivity index (χ1) is 11.1. The molecule has 5 heteroatoms. The SMILES string of the molecule is CC(C)N=c1ccccn1C(=O)c1cc(=O)[nH]c2ccccc12. The Hall–Kier alpha value is -2.95. The highest BCUT2D eigenvalue weighted by molar-refractivity contribution is 6.06. The normalized spacial score (nSPS) is 12.0. The second-order valence-electron chi connectivity index (χ2n) is 5.55. The Kier molecular flexibility index (Phi) is 3.93. The molecule has 2 aromatic heterocycles. The van der Waals surface area contributed by atoms with E-state index in [-0.39, 0.29) is 17.5 Å². The smallest absolute Gasteiger partial charge is 0.264 e. The molecule has 0 aliphatic carbocycles. The molecule has 0 atom stereocenters. The molecule has 3 rings (SSSR count). The number of hydrogen-bond donors (Lipinski definition) is 1. The number of fused-ring (bicyclic) bond motifs is 1. The van der Waals surface area contributed by atoms with Gasteiger partial charge in [0.1, 0.15) is 5.49 Å². The molecule has 0 saturated carbocycles. The van der Waals surface area contributed by atoms with Gasteiger partial charge >= 0.3 is 0 Å². The summed E-state index contributed by atoms with van der Waals surface area (Å²) in [6, 6.07) is 14.1. The van der Waals surface area contributed by atoms with Crippen molar-refractivity contribution in [3.63, 3.8) is 0 Å². The van der Waals surface area contributed by atoms with Crippen LogP contribution >= 0.6 is 0 Å². The van der Waals surface area contributed by atoms with Crippen LogP contribution in [0.25, 0.3) is 10.9 Å². The molecule has 23 heavy (non-hydrogen) atoms. The summed E-state index contributed by atoms with van der Waals surface area (Å²) in [5.41, 5.74) is 1.27. The van der Waals surface area contributed by atoms with Gasteiger partial charge in [-0.25, -0.2) is 0 Å². The van der Waals surface area contributed by atoms with Crippen molar-refractivity contribution in [1.29, 1.82) is 0 Å². The predicted molar refractivity (Wildman–Crippen MR) is 89.4 cm³/mol. The number of aromatic nitrogens is 2. The van der Waals surface area contributed by atoms with Gasteiger partial charge in [0.25, 0.3) is 5.91 Å². The second kappa shape index (κ2) is 6.04. The molecule has 1 N–H and O–H groups in total. The van der Waals surface area contributed by atoms with E-state index in [9.17, 15) is 9.59 Å². The van der Waals surface area contributed by atoms with Crippen LogP contribution in [0.4, 0.5) is 0 Å². The van der Waals surface area contributed by atoms with Crippen molar-refractivity contribution in [3.05, 3.63) is 76.1 Å². The fraction of sp³-hybridized carbons (Fsp3) is 0.167. The third kappa shape index (κ3) is 2.99. The highest BCUT2D eigenvalue weighted by atomic mass is 16.2. The van der Waals surface area contributed by atoms with Crippen molar-refractivity contribution in [3.8, 4) is 0 Å². The van der Waals surface area contributed by atoms with E-state index in [1.807, 2.05) is 38.1 Å². The lowest BCUT2D eigenvalue weighted by Crippen LogP contribution is -2.29. The van der Waals surface area contributed by atoms with Gasteiger partial charge in [-0.05, 0) is 32.0 Å². The van der Waals surface area contributed by atoms with Crippen LogP contribution in [0.15, 0.2) is 64.5 Å². The van der Waals surface area contributed by atoms with Crippen molar-refractivity contribution in [1.82, 2.24) is 9.55 Å². The monoisotopic (exact) mass is 307 g/mol. The number of nitrogens with one attached hydrogen (secondary N) is 1. The van der Waals surface area contributed by atoms with Gasteiger partial charge < -0.3 is 4.98 Å². The highest BCUT2D eigenvalue weighted by Crippen LogP contribution is 2.15. The average molecular weight is 307 g/mol. The molecule has 5 nitrogen and oxygen atoms in total. The highest BCUT2D eigenvalue weighted by Gasteiger charge is 2.14. The van der Waals surface area contributed by atoms with Gasteiger partial charge in [0, 0.05) is 29.2 Å². The van der Waals surface area contributed by atoms with E-state index in [0.29, 0.717) is 22.0 Å². The number of carbonyl (C=O) groups is 1. The summed E-state index contributed by atoms with van der Waals surface area (Å²) >= 11 is 0. The van der Waals surface area contributed by atoms with E-state index < -0.39 is 0 Å². The van der Waals surface area contributed by atoms with Crippen molar-refractivity contribution in [2.45, 2.75) is 19.9 Å². The number of pyridine rings is 2. The first-order valence-electron chi connectivity index (χ1n) is 7.44. The number of para-hydroxylation sites is 1. The van der Waals surface area contributed by atoms with Gasteiger partial charge in [-0.2, -0.15) is 0 Å². The number of hydrogen-bond acceptors (Lipinski definition) is 3. The zero-order valence-corrected chi connectivity index (χ0v) is 13.0. The van der Waals surface area contributed by atoms with Gasteiger partial charge in [-0.15, -0.1) is 0 Å². The molecule has 0 spiro atoms. The van der Waals surface area contributed by atoms with Crippen molar-refractivity contribution < 1.29 is 4.79 Å². The molecule has 3 aromatic rings. The number of aromatic amines is 1. The molecule has 1 aromatic carbocycles. The fourth-order valence-electron chi connectivity index (χ4n) is 2.49. The van der Waals surface area contributed by atoms with E-state index in [1.54, 1.807) is 24.4 Å². The molecule has 116 valence electrons. The van der Waals surface area contributed by atoms with E-state index in [0.717, 1.165) is 0 Å². The molecule has 0 saturated heterocycles. The van der Waals surface area contributed by atoms with Crippen LogP contribution in [0, 0.1) is 0 Å². The third-order valence-corrected chi connectivity index (χ3v) is 3.43. The van der Waals surface area contributed by atoms with Crippen molar-refractivity contribution >= 4 is 16.8 Å². The van der Waals surface area contributed by atoms with Crippen LogP contribution in [0.1, 0.15) is 24.2 Å². The summed E-state index contributed by atoms with van der Waals surface area (Å²) in [4.78, 5) is 32.0. The Balaban J connectivity index is 2.26. The number of rotatable bonds is 2. The lowest BCUT2D eigenvalue weighted by atomic mass is 10.1. The molecule has 0 radical (unpaired) electrons. The zero-order valence-electron chi connectivity index (χ0n) is 13.0. The topological polar surface area (TPSA) is 67.2 Å². The Morgan fingerprint density at radius 2 is 1.87 bits per heavy atom. The third-order valence-electron chi connectivity index (χ3n) is 3.43. The Labute approximate surface area is 132 Å². The molecule has 0 bridgehead atoms. The van der Waals surface area contributed by atoms with Gasteiger partial charge in [0.15, 0.2) is 0 Å². The lowest BCUT2D eigenvalue weighted by Gasteiger charge is -2.09. The van der Waals surface area contributed by atoms with E-state index in [2.05, 4.69) is 9.98 Å². The standard InChI is InChI=1S/C18H17N3O2/c1-12(2)19-16-9-5-6-10-21(16)18(23)14-11-17(22)20-15-8-4-3-7-13(14)15/h3-12H,1-2H3,(H,20,22). The molecule has 0 aliphatic rings. The van der Waals surface area contributed by atoms with E-state index in [1.165, 1.54) is 10.6 Å². The predicted octanol–water partition coefficient (Wildman–Crippen LogP) is 2.33. The first-order valence-corrected chi connectivity index (χ1v) is 7.44. The summed E-state index contributed by atoms with van der Waals surface area (Å²) in [5, 5.41) is 0.712. The maximum atomic E-state index is 13.0. The number of nitrogens with zero attached hydrogens (tertiary/aromatic N) is 2. The van der Waals surface area contributed by atoms with E-state index in [4.69, 9.17) is 0 Å². The first kappa shape index (κ1) is 15.0. The van der Waals surface area contributed by atoms with Gasteiger partial charge in [-0.1, -0.05) is 24.3 Å². The average Bonchev–Trinajstić information content (AvgIpc) is 2.53. The lowest BCUT2D eigenvalue weighted by molar-refractivity contribution is 0.0956. The summed E-state index contributed by atoms with van der Waals surface area (Å²) in [6.45, 7) is 3.90. The minimum absolute atomic E-state index is 0.0624. The molecule has 0 unspecified atom stereocenters. The van der Waals surface area contributed by atoms with Crippen LogP contribution in [0.2, 0.25) is 0 Å². The van der Waals surface area contributed by atoms with Crippen LogP contribution < -0.4 is 11.0 Å². The fourth-order valence-corrected chi connectivity index (χ4v) is 2.49. The van der Waals surface area contributed by atoms with Gasteiger partial charge in [-0.3, -0.25) is 19.1 Å². The number of benzene rings is 1. The maximum absolute atomic E-state index is 13.0. The van der Waals surface area contributed by atoms with Crippen molar-refractivity contribution in [2.24, 2.45) is 4.99 Å². The minimum atomic E-state index is -0.300. The summed E-state index contributed by atoms with van der Waals surface area (Å²) in [5.74, 6) is -0.271. The van der Waals surface area contributed by atoms with Gasteiger partial charge in [0.05, 0.1) is 5.56 Å².